The van der Waals surface area contributed by atoms with Crippen LogP contribution in [0.4, 0.5) is 0 Å². The Hall–Kier alpha value is -0.0900. The van der Waals surface area contributed by atoms with Gasteiger partial charge in [-0.2, -0.15) is 12.6 Å². The molecule has 0 aromatic rings. The summed E-state index contributed by atoms with van der Waals surface area (Å²) >= 11 is 3.96. The van der Waals surface area contributed by atoms with Gasteiger partial charge in [-0.3, -0.25) is 0 Å². The Bertz CT molecular complexity index is 426. The second-order valence-corrected chi connectivity index (χ2v) is 6.55. The van der Waals surface area contributed by atoms with Crippen LogP contribution in [0, 0.1) is 0 Å². The van der Waals surface area contributed by atoms with Gasteiger partial charge in [-0.15, -0.1) is 0 Å². The third-order valence-corrected chi connectivity index (χ3v) is 4.52. The van der Waals surface area contributed by atoms with Crippen molar-refractivity contribution < 1.29 is 54.7 Å². The lowest BCUT2D eigenvalue weighted by Crippen LogP contribution is -2.64. The van der Waals surface area contributed by atoms with Crippen molar-refractivity contribution in [3.63, 3.8) is 0 Å². The lowest BCUT2D eigenvalue weighted by molar-refractivity contribution is -0.359. The fourth-order valence-corrected chi connectivity index (χ4v) is 2.97. The van der Waals surface area contributed by atoms with E-state index >= 15 is 0 Å². The van der Waals surface area contributed by atoms with Crippen LogP contribution in [0.1, 0.15) is 0 Å². The largest absolute Gasteiger partial charge is 0.394 e. The average Bonchev–Trinajstić information content (AvgIpc) is 2.64. The first-order valence-electron chi connectivity index (χ1n) is 8.16. The number of ether oxygens (including phenoxy) is 4. The number of hydrogen-bond donors (Lipinski definition) is 8. The maximum atomic E-state index is 10.3. The number of aliphatic hydroxyl groups excluding tert-OH is 7. The third-order valence-electron chi connectivity index (χ3n) is 4.33. The predicted molar refractivity (Wildman–Crippen MR) is 86.2 cm³/mol. The second kappa shape index (κ2) is 9.91. The van der Waals surface area contributed by atoms with Crippen molar-refractivity contribution in [1.29, 1.82) is 0 Å². The standard InChI is InChI=1S/C14H26O11S/c15-3-5-7(17)8(18)10(20)14(23-5)25-12-6(4-16)24-13(22-1-2-26)11(21)9(12)19/h5-21,26H,1-4H2/t5-,6-,7+,8+,9-,10-,11-,12-,13-,14+/m1/s1. The van der Waals surface area contributed by atoms with E-state index in [0.29, 0.717) is 5.75 Å². The summed E-state index contributed by atoms with van der Waals surface area (Å²) in [5, 5.41) is 68.7. The molecule has 0 saturated carbocycles. The minimum absolute atomic E-state index is 0.133. The molecule has 0 spiro atoms. The molecule has 0 aliphatic carbocycles. The molecular formula is C14H26O11S. The van der Waals surface area contributed by atoms with E-state index in [1.165, 1.54) is 0 Å². The van der Waals surface area contributed by atoms with Crippen LogP contribution in [0.3, 0.4) is 0 Å². The van der Waals surface area contributed by atoms with Crippen LogP contribution < -0.4 is 0 Å². The summed E-state index contributed by atoms with van der Waals surface area (Å²) in [4.78, 5) is 0. The summed E-state index contributed by atoms with van der Waals surface area (Å²) in [6.45, 7) is -1.12. The van der Waals surface area contributed by atoms with E-state index in [1.807, 2.05) is 0 Å². The Morgan fingerprint density at radius 1 is 0.731 bits per heavy atom. The first kappa shape index (κ1) is 22.2. The minimum atomic E-state index is -1.70. The number of rotatable bonds is 7. The van der Waals surface area contributed by atoms with E-state index in [4.69, 9.17) is 18.9 Å². The van der Waals surface area contributed by atoms with Crippen LogP contribution in [-0.4, -0.2) is 123 Å². The van der Waals surface area contributed by atoms with Gasteiger partial charge in [-0.05, 0) is 0 Å². The Labute approximate surface area is 155 Å². The molecule has 0 amide bonds. The van der Waals surface area contributed by atoms with Crippen LogP contribution in [0.5, 0.6) is 0 Å². The second-order valence-electron chi connectivity index (χ2n) is 6.10. The molecule has 0 bridgehead atoms. The zero-order chi connectivity index (χ0) is 19.4. The molecule has 2 rings (SSSR count). The summed E-state index contributed by atoms with van der Waals surface area (Å²) in [5.41, 5.74) is 0. The van der Waals surface area contributed by atoms with Crippen LogP contribution in [-0.2, 0) is 18.9 Å². The van der Waals surface area contributed by atoms with Gasteiger partial charge < -0.3 is 54.7 Å². The van der Waals surface area contributed by atoms with Gasteiger partial charge in [-0.25, -0.2) is 0 Å². The normalized spacial score (nSPS) is 47.1. The molecule has 2 aliphatic rings. The van der Waals surface area contributed by atoms with Gasteiger partial charge in [0.05, 0.1) is 19.8 Å². The van der Waals surface area contributed by atoms with E-state index in [2.05, 4.69) is 12.6 Å². The van der Waals surface area contributed by atoms with Crippen molar-refractivity contribution in [2.24, 2.45) is 0 Å². The van der Waals surface area contributed by atoms with E-state index in [9.17, 15) is 35.7 Å². The van der Waals surface area contributed by atoms with Gasteiger partial charge in [0.25, 0.3) is 0 Å². The third kappa shape index (κ3) is 4.66. The number of hydrogen-bond acceptors (Lipinski definition) is 12. The molecule has 10 atom stereocenters. The lowest BCUT2D eigenvalue weighted by Gasteiger charge is -2.45. The maximum Gasteiger partial charge on any atom is 0.187 e. The topological polar surface area (TPSA) is 179 Å². The Morgan fingerprint density at radius 2 is 1.31 bits per heavy atom. The summed E-state index contributed by atoms with van der Waals surface area (Å²) in [6, 6.07) is 0. The van der Waals surface area contributed by atoms with Gasteiger partial charge >= 0.3 is 0 Å². The number of thiol groups is 1. The quantitative estimate of drug-likeness (QED) is 0.193. The fraction of sp³-hybridized carbons (Fsp3) is 1.00. The Kier molecular flexibility index (Phi) is 8.46. The van der Waals surface area contributed by atoms with Gasteiger partial charge in [0.15, 0.2) is 12.6 Å². The van der Waals surface area contributed by atoms with Crippen LogP contribution in [0.2, 0.25) is 0 Å². The molecule has 2 aliphatic heterocycles. The minimum Gasteiger partial charge on any atom is -0.394 e. The highest BCUT2D eigenvalue weighted by Crippen LogP contribution is 2.29. The molecule has 2 saturated heterocycles. The van der Waals surface area contributed by atoms with Crippen LogP contribution in [0.15, 0.2) is 0 Å². The molecule has 0 radical (unpaired) electrons. The monoisotopic (exact) mass is 402 g/mol. The SMILES string of the molecule is OC[C@H]1O[C@@H](O[C@H]2[C@H](O)[C@@H](O)[C@H](OCCS)O[C@@H]2CO)[C@H](O)[C@@H](O)[C@H]1O. The summed E-state index contributed by atoms with van der Waals surface area (Å²) in [7, 11) is 0. The summed E-state index contributed by atoms with van der Waals surface area (Å²) in [5.74, 6) is 0.345. The molecule has 0 aromatic heterocycles. The smallest absolute Gasteiger partial charge is 0.187 e. The Morgan fingerprint density at radius 3 is 1.88 bits per heavy atom. The molecule has 12 heteroatoms. The highest BCUT2D eigenvalue weighted by atomic mass is 32.1. The molecule has 0 aromatic carbocycles. The zero-order valence-electron chi connectivity index (χ0n) is 13.8. The molecule has 154 valence electrons. The molecule has 7 N–H and O–H groups in total. The lowest BCUT2D eigenvalue weighted by atomic mass is 9.97. The van der Waals surface area contributed by atoms with E-state index in [1.54, 1.807) is 0 Å². The molecule has 0 unspecified atom stereocenters. The van der Waals surface area contributed by atoms with E-state index < -0.39 is 74.6 Å². The Balaban J connectivity index is 2.09. The molecule has 2 heterocycles. The van der Waals surface area contributed by atoms with Crippen molar-refractivity contribution in [2.75, 3.05) is 25.6 Å². The first-order chi connectivity index (χ1) is 12.3. The van der Waals surface area contributed by atoms with Gasteiger partial charge in [0.1, 0.15) is 48.8 Å². The van der Waals surface area contributed by atoms with Crippen molar-refractivity contribution in [2.45, 2.75) is 61.4 Å². The van der Waals surface area contributed by atoms with Crippen molar-refractivity contribution in [1.82, 2.24) is 0 Å². The van der Waals surface area contributed by atoms with Crippen LogP contribution in [0.25, 0.3) is 0 Å². The van der Waals surface area contributed by atoms with Gasteiger partial charge in [0.2, 0.25) is 0 Å². The number of aliphatic hydroxyl groups is 7. The molecule has 2 fully saturated rings. The van der Waals surface area contributed by atoms with Crippen molar-refractivity contribution >= 4 is 12.6 Å². The molecule has 26 heavy (non-hydrogen) atoms. The summed E-state index contributed by atoms with van der Waals surface area (Å²) < 4.78 is 21.2. The highest BCUT2D eigenvalue weighted by Gasteiger charge is 2.50. The highest BCUT2D eigenvalue weighted by molar-refractivity contribution is 7.80. The van der Waals surface area contributed by atoms with E-state index in [-0.39, 0.29) is 6.61 Å². The molecular weight excluding hydrogens is 376 g/mol. The fourth-order valence-electron chi connectivity index (χ4n) is 2.86. The zero-order valence-corrected chi connectivity index (χ0v) is 14.7. The van der Waals surface area contributed by atoms with Gasteiger partial charge in [-0.1, -0.05) is 0 Å². The van der Waals surface area contributed by atoms with Gasteiger partial charge in [0, 0.05) is 5.75 Å². The maximum absolute atomic E-state index is 10.3. The van der Waals surface area contributed by atoms with Crippen molar-refractivity contribution in [3.8, 4) is 0 Å². The summed E-state index contributed by atoms with van der Waals surface area (Å²) in [6.07, 6.45) is -14.5. The van der Waals surface area contributed by atoms with Crippen molar-refractivity contribution in [3.05, 3.63) is 0 Å². The predicted octanol–water partition coefficient (Wildman–Crippen LogP) is -4.44. The van der Waals surface area contributed by atoms with Crippen LogP contribution >= 0.6 is 12.6 Å². The van der Waals surface area contributed by atoms with E-state index in [0.717, 1.165) is 0 Å². The molecule has 11 nitrogen and oxygen atoms in total. The average molecular weight is 402 g/mol. The first-order valence-corrected chi connectivity index (χ1v) is 8.79.